The van der Waals surface area contributed by atoms with E-state index in [4.69, 9.17) is 16.1 Å². The molecular weight excluding hydrogens is 433 g/mol. The lowest BCUT2D eigenvalue weighted by Crippen LogP contribution is -2.30. The van der Waals surface area contributed by atoms with Crippen molar-refractivity contribution in [3.05, 3.63) is 64.6 Å². The number of aryl methyl sites for hydroxylation is 1. The van der Waals surface area contributed by atoms with Gasteiger partial charge in [-0.05, 0) is 57.2 Å². The van der Waals surface area contributed by atoms with Crippen molar-refractivity contribution in [1.29, 1.82) is 0 Å². The topological polar surface area (TPSA) is 101 Å². The molecule has 0 radical (unpaired) electrons. The Hall–Kier alpha value is -2.75. The van der Waals surface area contributed by atoms with Crippen LogP contribution in [0.3, 0.4) is 0 Å². The summed E-state index contributed by atoms with van der Waals surface area (Å²) in [7, 11) is -3.65. The monoisotopic (exact) mass is 451 g/mol. The molecule has 10 heteroatoms. The number of rotatable bonds is 6. The second-order valence-corrected chi connectivity index (χ2v) is 8.93. The molecule has 1 heterocycles. The fraction of sp³-hybridized carbons (Fsp3) is 0.200. The highest BCUT2D eigenvalue weighted by atomic mass is 35.5. The van der Waals surface area contributed by atoms with E-state index in [1.54, 1.807) is 13.8 Å². The van der Waals surface area contributed by atoms with Gasteiger partial charge in [-0.3, -0.25) is 4.79 Å². The second-order valence-electron chi connectivity index (χ2n) is 6.81. The van der Waals surface area contributed by atoms with E-state index in [2.05, 4.69) is 15.2 Å². The van der Waals surface area contributed by atoms with Gasteiger partial charge in [0.05, 0.1) is 15.5 Å². The van der Waals surface area contributed by atoms with Crippen molar-refractivity contribution < 1.29 is 22.1 Å². The van der Waals surface area contributed by atoms with Gasteiger partial charge in [-0.25, -0.2) is 17.5 Å². The van der Waals surface area contributed by atoms with Crippen molar-refractivity contribution in [1.82, 2.24) is 9.88 Å². The quantitative estimate of drug-likeness (QED) is 0.579. The van der Waals surface area contributed by atoms with Crippen LogP contribution < -0.4 is 10.0 Å². The number of anilines is 1. The van der Waals surface area contributed by atoms with E-state index < -0.39 is 21.7 Å². The molecule has 2 N–H and O–H groups in total. The highest BCUT2D eigenvalue weighted by Gasteiger charge is 2.25. The minimum absolute atomic E-state index is 0.0200. The number of benzene rings is 2. The Morgan fingerprint density at radius 2 is 1.83 bits per heavy atom. The van der Waals surface area contributed by atoms with Crippen LogP contribution in [0, 0.1) is 12.7 Å². The van der Waals surface area contributed by atoms with Crippen molar-refractivity contribution >= 4 is 33.2 Å². The summed E-state index contributed by atoms with van der Waals surface area (Å²) in [6, 6.07) is 9.52. The van der Waals surface area contributed by atoms with E-state index in [1.807, 2.05) is 0 Å². The molecule has 0 unspecified atom stereocenters. The lowest BCUT2D eigenvalue weighted by Gasteiger charge is -2.11. The van der Waals surface area contributed by atoms with Crippen LogP contribution in [0.1, 0.15) is 30.0 Å². The molecule has 1 amide bonds. The maximum Gasteiger partial charge on any atom is 0.261 e. The zero-order valence-electron chi connectivity index (χ0n) is 16.4. The Morgan fingerprint density at radius 1 is 1.17 bits per heavy atom. The van der Waals surface area contributed by atoms with Gasteiger partial charge in [0, 0.05) is 11.7 Å². The molecule has 7 nitrogen and oxygen atoms in total. The standard InChI is InChI=1S/C20H19ClFN3O4S/c1-11(2)25-30(27,28)14-9-7-13(8-10-14)23-20(26)17-12(3)29-24-19(17)18-15(21)5-4-6-16(18)22/h4-11,25H,1-3H3,(H,23,26). The van der Waals surface area contributed by atoms with Gasteiger partial charge < -0.3 is 9.84 Å². The third kappa shape index (κ3) is 4.53. The summed E-state index contributed by atoms with van der Waals surface area (Å²) >= 11 is 6.09. The van der Waals surface area contributed by atoms with Gasteiger partial charge in [0.25, 0.3) is 5.91 Å². The first kappa shape index (κ1) is 21.9. The molecular formula is C20H19ClFN3O4S. The summed E-state index contributed by atoms with van der Waals surface area (Å²) in [5.74, 6) is -1.06. The van der Waals surface area contributed by atoms with Crippen molar-refractivity contribution in [2.75, 3.05) is 5.32 Å². The molecule has 0 fully saturated rings. The molecule has 0 bridgehead atoms. The Bertz CT molecular complexity index is 1170. The lowest BCUT2D eigenvalue weighted by molar-refractivity contribution is 0.102. The van der Waals surface area contributed by atoms with Crippen molar-refractivity contribution in [3.8, 4) is 11.3 Å². The first-order valence-electron chi connectivity index (χ1n) is 8.94. The molecule has 2 aromatic carbocycles. The average molecular weight is 452 g/mol. The van der Waals surface area contributed by atoms with Crippen LogP contribution in [0.2, 0.25) is 5.02 Å². The zero-order valence-corrected chi connectivity index (χ0v) is 17.9. The van der Waals surface area contributed by atoms with Crippen LogP contribution in [0.25, 0.3) is 11.3 Å². The fourth-order valence-corrected chi connectivity index (χ4v) is 4.33. The van der Waals surface area contributed by atoms with E-state index in [0.29, 0.717) is 5.69 Å². The van der Waals surface area contributed by atoms with Gasteiger partial charge in [-0.15, -0.1) is 0 Å². The number of halogens is 2. The van der Waals surface area contributed by atoms with Gasteiger partial charge in [0.2, 0.25) is 10.0 Å². The zero-order chi connectivity index (χ0) is 22.1. The van der Waals surface area contributed by atoms with E-state index >= 15 is 0 Å². The molecule has 0 aliphatic carbocycles. The number of carbonyl (C=O) groups is 1. The van der Waals surface area contributed by atoms with Gasteiger partial charge >= 0.3 is 0 Å². The lowest BCUT2D eigenvalue weighted by atomic mass is 10.0. The van der Waals surface area contributed by atoms with Crippen LogP contribution in [-0.2, 0) is 10.0 Å². The third-order valence-electron chi connectivity index (χ3n) is 4.10. The van der Waals surface area contributed by atoms with E-state index in [0.717, 1.165) is 0 Å². The van der Waals surface area contributed by atoms with Crippen LogP contribution >= 0.6 is 11.6 Å². The molecule has 1 aromatic heterocycles. The number of nitrogens with zero attached hydrogens (tertiary/aromatic N) is 1. The second kappa shape index (κ2) is 8.55. The summed E-state index contributed by atoms with van der Waals surface area (Å²) in [5, 5.41) is 6.52. The van der Waals surface area contributed by atoms with Gasteiger partial charge in [0.15, 0.2) is 0 Å². The first-order valence-corrected chi connectivity index (χ1v) is 10.8. The van der Waals surface area contributed by atoms with Gasteiger partial charge in [0.1, 0.15) is 22.8 Å². The Morgan fingerprint density at radius 3 is 2.43 bits per heavy atom. The van der Waals surface area contributed by atoms with E-state index in [-0.39, 0.29) is 38.5 Å². The highest BCUT2D eigenvalue weighted by Crippen LogP contribution is 2.33. The molecule has 158 valence electrons. The van der Waals surface area contributed by atoms with Gasteiger partial charge in [-0.1, -0.05) is 22.8 Å². The van der Waals surface area contributed by atoms with Crippen LogP contribution in [-0.4, -0.2) is 25.5 Å². The minimum atomic E-state index is -3.65. The molecule has 0 saturated heterocycles. The predicted octanol–water partition coefficient (Wildman–Crippen LogP) is 4.38. The highest BCUT2D eigenvalue weighted by molar-refractivity contribution is 7.89. The summed E-state index contributed by atoms with van der Waals surface area (Å²) in [6.45, 7) is 4.95. The largest absolute Gasteiger partial charge is 0.360 e. The van der Waals surface area contributed by atoms with Crippen LogP contribution in [0.5, 0.6) is 0 Å². The SMILES string of the molecule is Cc1onc(-c2c(F)cccc2Cl)c1C(=O)Nc1ccc(S(=O)(=O)NC(C)C)cc1. The Kier molecular flexibility index (Phi) is 6.25. The molecule has 0 saturated carbocycles. The van der Waals surface area contributed by atoms with Crippen molar-refractivity contribution in [2.45, 2.75) is 31.7 Å². The number of hydrogen-bond acceptors (Lipinski definition) is 5. The summed E-state index contributed by atoms with van der Waals surface area (Å²) in [5.41, 5.74) is 0.311. The fourth-order valence-electron chi connectivity index (χ4n) is 2.82. The molecule has 0 spiro atoms. The molecule has 0 aliphatic rings. The number of hydrogen-bond donors (Lipinski definition) is 2. The first-order chi connectivity index (χ1) is 14.1. The minimum Gasteiger partial charge on any atom is -0.360 e. The number of aromatic nitrogens is 1. The average Bonchev–Trinajstić information content (AvgIpc) is 3.02. The van der Waals surface area contributed by atoms with Crippen LogP contribution in [0.4, 0.5) is 10.1 Å². The Balaban J connectivity index is 1.89. The summed E-state index contributed by atoms with van der Waals surface area (Å²) in [6.07, 6.45) is 0. The smallest absolute Gasteiger partial charge is 0.261 e. The maximum absolute atomic E-state index is 14.3. The van der Waals surface area contributed by atoms with E-state index in [9.17, 15) is 17.6 Å². The number of nitrogens with one attached hydrogen (secondary N) is 2. The maximum atomic E-state index is 14.3. The van der Waals surface area contributed by atoms with Crippen LogP contribution in [0.15, 0.2) is 51.9 Å². The van der Waals surface area contributed by atoms with Crippen molar-refractivity contribution in [2.24, 2.45) is 0 Å². The summed E-state index contributed by atoms with van der Waals surface area (Å²) < 4.78 is 46.3. The third-order valence-corrected chi connectivity index (χ3v) is 6.09. The molecule has 0 aliphatic heterocycles. The van der Waals surface area contributed by atoms with E-state index in [1.165, 1.54) is 49.4 Å². The summed E-state index contributed by atoms with van der Waals surface area (Å²) in [4.78, 5) is 12.9. The molecule has 0 atom stereocenters. The van der Waals surface area contributed by atoms with Gasteiger partial charge in [-0.2, -0.15) is 0 Å². The molecule has 3 rings (SSSR count). The predicted molar refractivity (Wildman–Crippen MR) is 111 cm³/mol. The van der Waals surface area contributed by atoms with Crippen molar-refractivity contribution in [3.63, 3.8) is 0 Å². The number of sulfonamides is 1. The number of amides is 1. The Labute approximate surface area is 178 Å². The normalized spacial score (nSPS) is 11.7. The molecule has 30 heavy (non-hydrogen) atoms. The molecule has 3 aromatic rings. The number of carbonyl (C=O) groups excluding carboxylic acids is 1.